The predicted octanol–water partition coefficient (Wildman–Crippen LogP) is 1.82. The lowest BCUT2D eigenvalue weighted by molar-refractivity contribution is 0.643. The molecule has 6 heteroatoms. The van der Waals surface area contributed by atoms with Crippen LogP contribution in [0.1, 0.15) is 5.56 Å². The lowest BCUT2D eigenvalue weighted by Crippen LogP contribution is -2.07. The molecule has 6 nitrogen and oxygen atoms in total. The first kappa shape index (κ1) is 13.5. The number of benzene rings is 1. The number of nitriles is 1. The third kappa shape index (κ3) is 3.09. The Kier molecular flexibility index (Phi) is 3.91. The summed E-state index contributed by atoms with van der Waals surface area (Å²) in [6.45, 7) is 0. The number of nitrogen functional groups attached to an aromatic ring is 1. The monoisotopic (exact) mass is 266 g/mol. The van der Waals surface area contributed by atoms with Crippen molar-refractivity contribution in [1.82, 2.24) is 15.1 Å². The molecule has 1 aromatic carbocycles. The summed E-state index contributed by atoms with van der Waals surface area (Å²) < 4.78 is 0. The summed E-state index contributed by atoms with van der Waals surface area (Å²) in [5.74, 6) is 0.362. The van der Waals surface area contributed by atoms with Crippen molar-refractivity contribution in [3.8, 4) is 17.3 Å². The summed E-state index contributed by atoms with van der Waals surface area (Å²) in [5, 5.41) is 17.0. The zero-order valence-corrected chi connectivity index (χ0v) is 11.3. The lowest BCUT2D eigenvalue weighted by atomic mass is 10.1. The molecule has 0 bridgehead atoms. The molecule has 1 aromatic heterocycles. The van der Waals surface area contributed by atoms with E-state index >= 15 is 0 Å². The van der Waals surface area contributed by atoms with Gasteiger partial charge in [-0.1, -0.05) is 6.07 Å². The van der Waals surface area contributed by atoms with Crippen molar-refractivity contribution in [3.63, 3.8) is 0 Å². The van der Waals surface area contributed by atoms with Crippen LogP contribution in [0.15, 0.2) is 35.3 Å². The van der Waals surface area contributed by atoms with Crippen molar-refractivity contribution in [2.24, 2.45) is 4.99 Å². The van der Waals surface area contributed by atoms with Crippen LogP contribution in [0.5, 0.6) is 0 Å². The van der Waals surface area contributed by atoms with E-state index in [2.05, 4.69) is 21.3 Å². The van der Waals surface area contributed by atoms with Gasteiger partial charge in [0.25, 0.3) is 0 Å². The maximum absolute atomic E-state index is 9.21. The molecule has 0 saturated carbocycles. The van der Waals surface area contributed by atoms with Crippen LogP contribution in [0.4, 0.5) is 11.5 Å². The highest BCUT2D eigenvalue weighted by atomic mass is 15.1. The summed E-state index contributed by atoms with van der Waals surface area (Å²) in [6, 6.07) is 10.9. The van der Waals surface area contributed by atoms with Gasteiger partial charge in [0, 0.05) is 19.7 Å². The zero-order valence-electron chi connectivity index (χ0n) is 11.3. The molecule has 0 aliphatic carbocycles. The van der Waals surface area contributed by atoms with Gasteiger partial charge in [-0.15, -0.1) is 10.2 Å². The third-order valence-electron chi connectivity index (χ3n) is 2.53. The van der Waals surface area contributed by atoms with Crippen LogP contribution in [0, 0.1) is 11.3 Å². The van der Waals surface area contributed by atoms with E-state index in [9.17, 15) is 5.26 Å². The van der Waals surface area contributed by atoms with Crippen molar-refractivity contribution < 1.29 is 0 Å². The summed E-state index contributed by atoms with van der Waals surface area (Å²) >= 11 is 0. The van der Waals surface area contributed by atoms with Gasteiger partial charge in [0.05, 0.1) is 23.3 Å². The van der Waals surface area contributed by atoms with Crippen LogP contribution in [0.3, 0.4) is 0 Å². The quantitative estimate of drug-likeness (QED) is 0.675. The van der Waals surface area contributed by atoms with Crippen LogP contribution in [0.25, 0.3) is 11.3 Å². The van der Waals surface area contributed by atoms with E-state index in [0.717, 1.165) is 5.56 Å². The van der Waals surface area contributed by atoms with Crippen molar-refractivity contribution in [2.45, 2.75) is 0 Å². The average Bonchev–Trinajstić information content (AvgIpc) is 2.45. The molecular weight excluding hydrogens is 252 g/mol. The Labute approximate surface area is 117 Å². The smallest absolute Gasteiger partial charge is 0.146 e. The fourth-order valence-electron chi connectivity index (χ4n) is 1.57. The second-order valence-corrected chi connectivity index (χ2v) is 4.40. The highest BCUT2D eigenvalue weighted by molar-refractivity contribution is 5.70. The first-order valence-electron chi connectivity index (χ1n) is 5.94. The number of anilines is 1. The minimum absolute atomic E-state index is 0.362. The second kappa shape index (κ2) is 5.80. The van der Waals surface area contributed by atoms with Crippen molar-refractivity contribution in [3.05, 3.63) is 35.9 Å². The van der Waals surface area contributed by atoms with Crippen LogP contribution >= 0.6 is 0 Å². The Morgan fingerprint density at radius 3 is 2.65 bits per heavy atom. The number of hydrogen-bond acceptors (Lipinski definition) is 5. The van der Waals surface area contributed by atoms with Gasteiger partial charge < -0.3 is 10.6 Å². The number of rotatable bonds is 3. The maximum Gasteiger partial charge on any atom is 0.146 e. The predicted molar refractivity (Wildman–Crippen MR) is 78.4 cm³/mol. The molecule has 2 rings (SSSR count). The molecule has 0 fully saturated rings. The number of nitrogens with two attached hydrogens (primary N) is 1. The van der Waals surface area contributed by atoms with E-state index in [1.807, 2.05) is 20.2 Å². The fraction of sp³-hybridized carbons (Fsp3) is 0.143. The van der Waals surface area contributed by atoms with Crippen molar-refractivity contribution >= 4 is 17.8 Å². The SMILES string of the molecule is CN(C)C=Nc1ccc(-c2ccc(N)nn2)cc1C#N. The maximum atomic E-state index is 9.21. The molecule has 2 N–H and O–H groups in total. The molecule has 0 aliphatic heterocycles. The molecule has 0 unspecified atom stereocenters. The molecular formula is C14H14N6. The Balaban J connectivity index is 2.39. The van der Waals surface area contributed by atoms with Gasteiger partial charge in [-0.05, 0) is 24.3 Å². The van der Waals surface area contributed by atoms with Gasteiger partial charge in [-0.3, -0.25) is 0 Å². The summed E-state index contributed by atoms with van der Waals surface area (Å²) in [5.41, 5.74) is 8.08. The minimum Gasteiger partial charge on any atom is -0.382 e. The van der Waals surface area contributed by atoms with Crippen LogP contribution in [-0.4, -0.2) is 35.5 Å². The number of hydrogen-bond donors (Lipinski definition) is 1. The molecule has 2 aromatic rings. The standard InChI is InChI=1S/C14H14N6/c1-20(2)9-17-12-4-3-10(7-11(12)8-15)13-5-6-14(16)19-18-13/h3-7,9H,1-2H3,(H2,16,19). The van der Waals surface area contributed by atoms with Gasteiger partial charge in [-0.2, -0.15) is 5.26 Å². The first-order chi connectivity index (χ1) is 9.60. The van der Waals surface area contributed by atoms with E-state index in [4.69, 9.17) is 5.73 Å². The number of aromatic nitrogens is 2. The van der Waals surface area contributed by atoms with Gasteiger partial charge in [0.15, 0.2) is 0 Å². The van der Waals surface area contributed by atoms with Crippen molar-refractivity contribution in [2.75, 3.05) is 19.8 Å². The summed E-state index contributed by atoms with van der Waals surface area (Å²) in [6.07, 6.45) is 1.65. The van der Waals surface area contributed by atoms with E-state index in [0.29, 0.717) is 22.8 Å². The van der Waals surface area contributed by atoms with E-state index in [1.54, 1.807) is 35.5 Å². The molecule has 0 amide bonds. The summed E-state index contributed by atoms with van der Waals surface area (Å²) in [7, 11) is 3.74. The number of aliphatic imine (C=N–C) groups is 1. The fourth-order valence-corrected chi connectivity index (χ4v) is 1.57. The molecule has 1 heterocycles. The summed E-state index contributed by atoms with van der Waals surface area (Å²) in [4.78, 5) is 6.05. The minimum atomic E-state index is 0.362. The van der Waals surface area contributed by atoms with Crippen molar-refractivity contribution in [1.29, 1.82) is 5.26 Å². The topological polar surface area (TPSA) is 91.2 Å². The Morgan fingerprint density at radius 1 is 1.25 bits per heavy atom. The van der Waals surface area contributed by atoms with E-state index in [-0.39, 0.29) is 0 Å². The molecule has 0 aliphatic rings. The Morgan fingerprint density at radius 2 is 2.05 bits per heavy atom. The first-order valence-corrected chi connectivity index (χ1v) is 5.94. The van der Waals surface area contributed by atoms with Gasteiger partial charge in [-0.25, -0.2) is 4.99 Å². The molecule has 0 saturated heterocycles. The third-order valence-corrected chi connectivity index (χ3v) is 2.53. The normalized spacial score (nSPS) is 10.4. The largest absolute Gasteiger partial charge is 0.382 e. The van der Waals surface area contributed by atoms with Crippen LogP contribution in [0.2, 0.25) is 0 Å². The zero-order chi connectivity index (χ0) is 14.5. The van der Waals surface area contributed by atoms with E-state index in [1.165, 1.54) is 0 Å². The van der Waals surface area contributed by atoms with Crippen LogP contribution in [-0.2, 0) is 0 Å². The average molecular weight is 266 g/mol. The molecule has 0 radical (unpaired) electrons. The van der Waals surface area contributed by atoms with Gasteiger partial charge in [0.2, 0.25) is 0 Å². The second-order valence-electron chi connectivity index (χ2n) is 4.40. The lowest BCUT2D eigenvalue weighted by Gasteiger charge is -2.05. The highest BCUT2D eigenvalue weighted by Gasteiger charge is 2.05. The Hall–Kier alpha value is -2.94. The Bertz CT molecular complexity index is 667. The number of nitrogens with zero attached hydrogens (tertiary/aromatic N) is 5. The van der Waals surface area contributed by atoms with E-state index < -0.39 is 0 Å². The van der Waals surface area contributed by atoms with Gasteiger partial charge >= 0.3 is 0 Å². The van der Waals surface area contributed by atoms with Crippen LogP contribution < -0.4 is 5.73 Å². The molecule has 100 valence electrons. The van der Waals surface area contributed by atoms with Gasteiger partial charge in [0.1, 0.15) is 11.9 Å². The molecule has 0 atom stereocenters. The molecule has 20 heavy (non-hydrogen) atoms. The highest BCUT2D eigenvalue weighted by Crippen LogP contribution is 2.25. The molecule has 0 spiro atoms.